The number of halogens is 2. The molecule has 0 aromatic heterocycles. The Labute approximate surface area is 122 Å². The highest BCUT2D eigenvalue weighted by atomic mass is 79.9. The van der Waals surface area contributed by atoms with E-state index in [9.17, 15) is 9.50 Å². The van der Waals surface area contributed by atoms with Crippen LogP contribution >= 0.6 is 15.9 Å². The monoisotopic (exact) mass is 329 g/mol. The third-order valence-electron chi connectivity index (χ3n) is 4.17. The summed E-state index contributed by atoms with van der Waals surface area (Å²) in [4.78, 5) is 0. The smallest absolute Gasteiger partial charge is 0.124 e. The van der Waals surface area contributed by atoms with Gasteiger partial charge in [0.2, 0.25) is 0 Å². The Balaban J connectivity index is 1.92. The fourth-order valence-electron chi connectivity index (χ4n) is 2.91. The van der Waals surface area contributed by atoms with Crippen molar-refractivity contribution < 1.29 is 9.50 Å². The molecule has 0 bridgehead atoms. The molecule has 0 saturated heterocycles. The SMILES string of the molecule is CC(NCC1CCCC1CO)c1ccc(F)cc1Br. The van der Waals surface area contributed by atoms with Crippen molar-refractivity contribution in [3.63, 3.8) is 0 Å². The minimum absolute atomic E-state index is 0.176. The molecule has 2 N–H and O–H groups in total. The molecule has 1 aliphatic carbocycles. The molecule has 1 aromatic carbocycles. The van der Waals surface area contributed by atoms with Crippen LogP contribution < -0.4 is 5.32 Å². The Morgan fingerprint density at radius 2 is 2.16 bits per heavy atom. The lowest BCUT2D eigenvalue weighted by atomic mass is 9.96. The van der Waals surface area contributed by atoms with Gasteiger partial charge in [0, 0.05) is 17.1 Å². The lowest BCUT2D eigenvalue weighted by Crippen LogP contribution is -2.29. The average Bonchev–Trinajstić information content (AvgIpc) is 2.83. The van der Waals surface area contributed by atoms with Crippen LogP contribution in [0.15, 0.2) is 22.7 Å². The highest BCUT2D eigenvalue weighted by Gasteiger charge is 2.26. The van der Waals surface area contributed by atoms with Gasteiger partial charge >= 0.3 is 0 Å². The van der Waals surface area contributed by atoms with Gasteiger partial charge in [-0.1, -0.05) is 28.4 Å². The van der Waals surface area contributed by atoms with Crippen molar-refractivity contribution >= 4 is 15.9 Å². The number of aliphatic hydroxyl groups excluding tert-OH is 1. The first-order chi connectivity index (χ1) is 9.11. The number of benzene rings is 1. The maximum Gasteiger partial charge on any atom is 0.124 e. The van der Waals surface area contributed by atoms with Crippen molar-refractivity contribution in [1.29, 1.82) is 0 Å². The van der Waals surface area contributed by atoms with E-state index in [4.69, 9.17) is 0 Å². The zero-order valence-electron chi connectivity index (χ0n) is 11.2. The van der Waals surface area contributed by atoms with Crippen molar-refractivity contribution in [1.82, 2.24) is 5.32 Å². The molecule has 1 saturated carbocycles. The first-order valence-corrected chi connectivity index (χ1v) is 7.70. The highest BCUT2D eigenvalue weighted by molar-refractivity contribution is 9.10. The molecule has 3 unspecified atom stereocenters. The maximum absolute atomic E-state index is 13.1. The average molecular weight is 330 g/mol. The van der Waals surface area contributed by atoms with Gasteiger partial charge in [-0.2, -0.15) is 0 Å². The van der Waals surface area contributed by atoms with Crippen LogP contribution in [0.5, 0.6) is 0 Å². The van der Waals surface area contributed by atoms with E-state index in [1.165, 1.54) is 25.0 Å². The van der Waals surface area contributed by atoms with Crippen molar-refractivity contribution in [2.24, 2.45) is 11.8 Å². The van der Waals surface area contributed by atoms with Crippen LogP contribution in [0.2, 0.25) is 0 Å². The third-order valence-corrected chi connectivity index (χ3v) is 4.85. The first-order valence-electron chi connectivity index (χ1n) is 6.91. The molecule has 0 heterocycles. The molecule has 0 spiro atoms. The van der Waals surface area contributed by atoms with Crippen molar-refractivity contribution in [3.8, 4) is 0 Å². The van der Waals surface area contributed by atoms with E-state index in [2.05, 4.69) is 28.2 Å². The molecule has 2 nitrogen and oxygen atoms in total. The Bertz CT molecular complexity index is 427. The van der Waals surface area contributed by atoms with E-state index in [0.717, 1.165) is 23.0 Å². The van der Waals surface area contributed by atoms with Crippen LogP contribution in [-0.4, -0.2) is 18.3 Å². The maximum atomic E-state index is 13.1. The van der Waals surface area contributed by atoms with Gasteiger partial charge in [0.25, 0.3) is 0 Å². The molecule has 2 rings (SSSR count). The van der Waals surface area contributed by atoms with E-state index in [1.54, 1.807) is 0 Å². The summed E-state index contributed by atoms with van der Waals surface area (Å²) < 4.78 is 13.9. The Kier molecular flexibility index (Phi) is 5.37. The summed E-state index contributed by atoms with van der Waals surface area (Å²) in [5.41, 5.74) is 1.07. The molecule has 1 aromatic rings. The van der Waals surface area contributed by atoms with Gasteiger partial charge in [0.1, 0.15) is 5.82 Å². The molecule has 0 radical (unpaired) electrons. The van der Waals surface area contributed by atoms with Crippen LogP contribution in [0.1, 0.15) is 37.8 Å². The number of rotatable bonds is 5. The molecule has 0 amide bonds. The van der Waals surface area contributed by atoms with E-state index in [1.807, 2.05) is 6.07 Å². The second kappa shape index (κ2) is 6.82. The Morgan fingerprint density at radius 1 is 1.42 bits per heavy atom. The Morgan fingerprint density at radius 3 is 2.84 bits per heavy atom. The molecule has 1 fully saturated rings. The minimum atomic E-state index is -0.223. The summed E-state index contributed by atoms with van der Waals surface area (Å²) in [6.45, 7) is 3.29. The quantitative estimate of drug-likeness (QED) is 0.864. The molecule has 106 valence electrons. The number of hydrogen-bond donors (Lipinski definition) is 2. The fourth-order valence-corrected chi connectivity index (χ4v) is 3.61. The third kappa shape index (κ3) is 3.77. The normalized spacial score (nSPS) is 24.6. The zero-order chi connectivity index (χ0) is 13.8. The number of hydrogen-bond acceptors (Lipinski definition) is 2. The van der Waals surface area contributed by atoms with Gasteiger partial charge in [0.05, 0.1) is 0 Å². The van der Waals surface area contributed by atoms with Crippen LogP contribution in [-0.2, 0) is 0 Å². The van der Waals surface area contributed by atoms with Crippen molar-refractivity contribution in [2.75, 3.05) is 13.2 Å². The molecule has 4 heteroatoms. The topological polar surface area (TPSA) is 32.3 Å². The largest absolute Gasteiger partial charge is 0.396 e. The summed E-state index contributed by atoms with van der Waals surface area (Å²) in [7, 11) is 0. The van der Waals surface area contributed by atoms with E-state index >= 15 is 0 Å². The lowest BCUT2D eigenvalue weighted by Gasteiger charge is -2.22. The molecule has 0 aliphatic heterocycles. The number of nitrogens with one attached hydrogen (secondary N) is 1. The van der Waals surface area contributed by atoms with Crippen molar-refractivity contribution in [3.05, 3.63) is 34.1 Å². The van der Waals surface area contributed by atoms with E-state index in [-0.39, 0.29) is 11.9 Å². The molecule has 3 atom stereocenters. The van der Waals surface area contributed by atoms with Crippen LogP contribution in [0.4, 0.5) is 4.39 Å². The van der Waals surface area contributed by atoms with E-state index < -0.39 is 0 Å². The predicted molar refractivity (Wildman–Crippen MR) is 78.4 cm³/mol. The fraction of sp³-hybridized carbons (Fsp3) is 0.600. The van der Waals surface area contributed by atoms with E-state index in [0.29, 0.717) is 18.4 Å². The van der Waals surface area contributed by atoms with Gasteiger partial charge in [0.15, 0.2) is 0 Å². The summed E-state index contributed by atoms with van der Waals surface area (Å²) in [6, 6.07) is 4.98. The lowest BCUT2D eigenvalue weighted by molar-refractivity contribution is 0.190. The van der Waals surface area contributed by atoms with Gasteiger partial charge in [-0.05, 0) is 55.8 Å². The standard InChI is InChI=1S/C15H21BrFNO/c1-10(14-6-5-13(17)7-15(14)16)18-8-11-3-2-4-12(11)9-19/h5-7,10-12,18-19H,2-4,8-9H2,1H3. The zero-order valence-corrected chi connectivity index (χ0v) is 12.8. The predicted octanol–water partition coefficient (Wildman–Crippen LogP) is 3.65. The summed E-state index contributed by atoms with van der Waals surface area (Å²) in [6.07, 6.45) is 3.54. The second-order valence-electron chi connectivity index (χ2n) is 5.43. The summed E-state index contributed by atoms with van der Waals surface area (Å²) >= 11 is 3.41. The van der Waals surface area contributed by atoms with Crippen LogP contribution in [0.25, 0.3) is 0 Å². The van der Waals surface area contributed by atoms with Crippen LogP contribution in [0.3, 0.4) is 0 Å². The number of aliphatic hydroxyl groups is 1. The second-order valence-corrected chi connectivity index (χ2v) is 6.28. The molecule has 19 heavy (non-hydrogen) atoms. The molecular formula is C15H21BrFNO. The van der Waals surface area contributed by atoms with Crippen molar-refractivity contribution in [2.45, 2.75) is 32.2 Å². The van der Waals surface area contributed by atoms with Gasteiger partial charge in [-0.25, -0.2) is 4.39 Å². The van der Waals surface area contributed by atoms with Crippen LogP contribution in [0, 0.1) is 17.7 Å². The Hall–Kier alpha value is -0.450. The highest BCUT2D eigenvalue weighted by Crippen LogP contribution is 2.31. The summed E-state index contributed by atoms with van der Waals surface area (Å²) in [5.74, 6) is 0.780. The van der Waals surface area contributed by atoms with Gasteiger partial charge in [-0.3, -0.25) is 0 Å². The first kappa shape index (κ1) is 14.9. The van der Waals surface area contributed by atoms with Gasteiger partial charge in [-0.15, -0.1) is 0 Å². The van der Waals surface area contributed by atoms with Gasteiger partial charge < -0.3 is 10.4 Å². The minimum Gasteiger partial charge on any atom is -0.396 e. The molecular weight excluding hydrogens is 309 g/mol. The summed E-state index contributed by atoms with van der Waals surface area (Å²) in [5, 5.41) is 12.8. The molecule has 1 aliphatic rings.